The molecule has 0 saturated carbocycles. The van der Waals surface area contributed by atoms with Gasteiger partial charge < -0.3 is 35.9 Å². The molecule has 222 valence electrons. The third-order valence-corrected chi connectivity index (χ3v) is 5.63. The zero-order valence-electron chi connectivity index (χ0n) is 23.9. The van der Waals surface area contributed by atoms with Crippen molar-refractivity contribution < 1.29 is 32.6 Å². The number of pyridine rings is 2. The van der Waals surface area contributed by atoms with Gasteiger partial charge in [0.05, 0.1) is 24.1 Å². The van der Waals surface area contributed by atoms with Gasteiger partial charge in [-0.25, -0.2) is 23.5 Å². The predicted molar refractivity (Wildman–Crippen MR) is 148 cm³/mol. The van der Waals surface area contributed by atoms with Crippen molar-refractivity contribution in [2.24, 2.45) is 5.73 Å². The van der Waals surface area contributed by atoms with Crippen molar-refractivity contribution >= 4 is 29.3 Å². The number of nitrogens with one attached hydrogen (secondary N) is 3. The fraction of sp³-hybridized carbons (Fsp3) is 0.556. The molecule has 0 fully saturated rings. The molecule has 0 aliphatic rings. The van der Waals surface area contributed by atoms with Crippen LogP contribution in [-0.4, -0.2) is 60.0 Å². The van der Waals surface area contributed by atoms with Crippen LogP contribution in [0.1, 0.15) is 70.7 Å². The van der Waals surface area contributed by atoms with E-state index in [1.807, 2.05) is 0 Å². The van der Waals surface area contributed by atoms with Crippen molar-refractivity contribution in [3.63, 3.8) is 0 Å². The molecule has 0 radical (unpaired) electrons. The quantitative estimate of drug-likeness (QED) is 0.221. The van der Waals surface area contributed by atoms with Gasteiger partial charge in [0.15, 0.2) is 17.5 Å². The Morgan fingerprint density at radius 3 is 2.42 bits per heavy atom. The Bertz CT molecular complexity index is 1150. The van der Waals surface area contributed by atoms with Gasteiger partial charge in [-0.3, -0.25) is 4.79 Å². The molecule has 40 heavy (non-hydrogen) atoms. The first kappa shape index (κ1) is 32.5. The number of halogens is 2. The number of carbonyl (C=O) groups is 2. The number of anilines is 3. The van der Waals surface area contributed by atoms with E-state index in [4.69, 9.17) is 19.9 Å². The zero-order valence-corrected chi connectivity index (χ0v) is 23.9. The van der Waals surface area contributed by atoms with Gasteiger partial charge in [-0.15, -0.1) is 0 Å². The van der Waals surface area contributed by atoms with E-state index in [2.05, 4.69) is 32.8 Å². The monoisotopic (exact) mass is 566 g/mol. The molecule has 2 amide bonds. The maximum absolute atomic E-state index is 15.1. The van der Waals surface area contributed by atoms with Crippen LogP contribution < -0.4 is 26.4 Å². The number of nitrogens with two attached hydrogens (primary N) is 1. The van der Waals surface area contributed by atoms with Gasteiger partial charge in [0, 0.05) is 25.3 Å². The molecule has 0 bridgehead atoms. The van der Waals surface area contributed by atoms with Gasteiger partial charge in [-0.05, 0) is 40.2 Å². The first-order chi connectivity index (χ1) is 18.8. The topological polar surface area (TPSA) is 150 Å². The van der Waals surface area contributed by atoms with E-state index in [1.54, 1.807) is 27.7 Å². The van der Waals surface area contributed by atoms with Crippen LogP contribution in [0.2, 0.25) is 0 Å². The Morgan fingerprint density at radius 1 is 1.10 bits per heavy atom. The Hall–Kier alpha value is -3.74. The Kier molecular flexibility index (Phi) is 12.3. The first-order valence-corrected chi connectivity index (χ1v) is 13.1. The number of unbranched alkanes of at least 4 members (excludes halogenated alkanes) is 2. The predicted octanol–water partition coefficient (Wildman–Crippen LogP) is 4.90. The molecule has 0 aliphatic heterocycles. The zero-order chi connectivity index (χ0) is 29.9. The number of aromatic nitrogens is 2. The van der Waals surface area contributed by atoms with E-state index in [0.29, 0.717) is 6.42 Å². The molecule has 2 atom stereocenters. The highest BCUT2D eigenvalue weighted by atomic mass is 19.1. The molecule has 2 heterocycles. The smallest absolute Gasteiger partial charge is 0.407 e. The van der Waals surface area contributed by atoms with Gasteiger partial charge in [0.2, 0.25) is 0 Å². The maximum atomic E-state index is 15.1. The SMILES string of the molecule is CCCCC[C@@H](Nc1nc(Nc2cnc(OCCOC)c(F)c2)c(C(N)=O)cc1F)[C@H](C)NC(=O)OC(C)(C)C. The highest BCUT2D eigenvalue weighted by Gasteiger charge is 2.25. The summed E-state index contributed by atoms with van der Waals surface area (Å²) in [5, 5.41) is 8.61. The normalized spacial score (nSPS) is 12.8. The summed E-state index contributed by atoms with van der Waals surface area (Å²) in [5.74, 6) is -3.04. The molecule has 0 spiro atoms. The second-order valence-electron chi connectivity index (χ2n) is 10.2. The molecule has 11 nitrogen and oxygen atoms in total. The van der Waals surface area contributed by atoms with E-state index >= 15 is 4.39 Å². The molecule has 13 heteroatoms. The minimum absolute atomic E-state index is 0.105. The van der Waals surface area contributed by atoms with Crippen LogP contribution in [0.5, 0.6) is 5.88 Å². The molecule has 5 N–H and O–H groups in total. The Morgan fingerprint density at radius 2 is 1.82 bits per heavy atom. The third kappa shape index (κ3) is 10.4. The molecular weight excluding hydrogens is 526 g/mol. The van der Waals surface area contributed by atoms with Gasteiger partial charge in [-0.1, -0.05) is 26.2 Å². The van der Waals surface area contributed by atoms with Gasteiger partial charge in [-0.2, -0.15) is 0 Å². The summed E-state index contributed by atoms with van der Waals surface area (Å²) in [7, 11) is 1.49. The molecule has 2 rings (SSSR count). The fourth-order valence-electron chi connectivity index (χ4n) is 3.66. The van der Waals surface area contributed by atoms with Crippen LogP contribution >= 0.6 is 0 Å². The number of hydrogen-bond donors (Lipinski definition) is 4. The lowest BCUT2D eigenvalue weighted by Gasteiger charge is -2.28. The van der Waals surface area contributed by atoms with E-state index in [-0.39, 0.29) is 42.0 Å². The van der Waals surface area contributed by atoms with Crippen LogP contribution in [0.3, 0.4) is 0 Å². The van der Waals surface area contributed by atoms with Crippen molar-refractivity contribution in [1.29, 1.82) is 0 Å². The van der Waals surface area contributed by atoms with E-state index < -0.39 is 41.3 Å². The van der Waals surface area contributed by atoms with Crippen LogP contribution in [0.4, 0.5) is 30.9 Å². The standard InChI is InChI=1S/C27H40F2N6O5/c1-7-8-9-10-21(16(2)32-26(37)40-27(3,4)5)34-24-19(28)14-18(22(30)36)23(35-24)33-17-13-20(29)25(31-15-17)39-12-11-38-6/h13-16,21H,7-12H2,1-6H3,(H2,30,36)(H,32,37)(H2,33,34,35)/t16-,21+/m0/s1. The number of ether oxygens (including phenoxy) is 3. The summed E-state index contributed by atoms with van der Waals surface area (Å²) in [6.45, 7) is 9.46. The minimum atomic E-state index is -0.937. The minimum Gasteiger partial charge on any atom is -0.473 e. The number of nitrogens with zero attached hydrogens (tertiary/aromatic N) is 2. The summed E-state index contributed by atoms with van der Waals surface area (Å²) in [5.41, 5.74) is 4.66. The molecule has 0 saturated heterocycles. The summed E-state index contributed by atoms with van der Waals surface area (Å²) in [4.78, 5) is 32.6. The summed E-state index contributed by atoms with van der Waals surface area (Å²) >= 11 is 0. The number of hydrogen-bond acceptors (Lipinski definition) is 9. The van der Waals surface area contributed by atoms with Gasteiger partial charge >= 0.3 is 6.09 Å². The second-order valence-corrected chi connectivity index (χ2v) is 10.2. The van der Waals surface area contributed by atoms with Crippen LogP contribution in [-0.2, 0) is 9.47 Å². The molecule has 2 aromatic heterocycles. The molecule has 2 aromatic rings. The second kappa shape index (κ2) is 15.2. The van der Waals surface area contributed by atoms with E-state index in [9.17, 15) is 14.0 Å². The summed E-state index contributed by atoms with van der Waals surface area (Å²) in [6.07, 6.45) is 3.97. The Balaban J connectivity index is 2.32. The average Bonchev–Trinajstić information content (AvgIpc) is 2.85. The first-order valence-electron chi connectivity index (χ1n) is 13.1. The van der Waals surface area contributed by atoms with Crippen molar-refractivity contribution in [3.8, 4) is 5.88 Å². The number of amides is 2. The van der Waals surface area contributed by atoms with Crippen LogP contribution in [0.25, 0.3) is 0 Å². The van der Waals surface area contributed by atoms with Crippen molar-refractivity contribution in [1.82, 2.24) is 15.3 Å². The number of alkyl carbamates (subject to hydrolysis) is 1. The van der Waals surface area contributed by atoms with Crippen LogP contribution in [0, 0.1) is 11.6 Å². The lowest BCUT2D eigenvalue weighted by Crippen LogP contribution is -2.46. The van der Waals surface area contributed by atoms with Crippen molar-refractivity contribution in [2.75, 3.05) is 31.0 Å². The van der Waals surface area contributed by atoms with Crippen molar-refractivity contribution in [2.45, 2.75) is 78.0 Å². The van der Waals surface area contributed by atoms with Gasteiger partial charge in [0.25, 0.3) is 11.8 Å². The largest absolute Gasteiger partial charge is 0.473 e. The fourth-order valence-corrected chi connectivity index (χ4v) is 3.66. The highest BCUT2D eigenvalue weighted by molar-refractivity contribution is 5.98. The molecule has 0 unspecified atom stereocenters. The summed E-state index contributed by atoms with van der Waals surface area (Å²) < 4.78 is 45.0. The molecular formula is C27H40F2N6O5. The third-order valence-electron chi connectivity index (χ3n) is 5.63. The molecule has 0 aromatic carbocycles. The number of carbonyl (C=O) groups excluding carboxylic acids is 2. The van der Waals surface area contributed by atoms with Crippen LogP contribution in [0.15, 0.2) is 18.3 Å². The van der Waals surface area contributed by atoms with Gasteiger partial charge in [0.1, 0.15) is 18.0 Å². The number of rotatable bonds is 15. The molecule has 0 aliphatic carbocycles. The van der Waals surface area contributed by atoms with E-state index in [0.717, 1.165) is 31.4 Å². The highest BCUT2D eigenvalue weighted by Crippen LogP contribution is 2.27. The number of primary amides is 1. The van der Waals surface area contributed by atoms with Crippen molar-refractivity contribution in [3.05, 3.63) is 35.5 Å². The summed E-state index contributed by atoms with van der Waals surface area (Å²) in [6, 6.07) is 1.14. The van der Waals surface area contributed by atoms with E-state index in [1.165, 1.54) is 13.3 Å². The lowest BCUT2D eigenvalue weighted by atomic mass is 10.0. The Labute approximate surface area is 233 Å². The number of methoxy groups -OCH3 is 1. The average molecular weight is 567 g/mol. The lowest BCUT2D eigenvalue weighted by molar-refractivity contribution is 0.0502. The maximum Gasteiger partial charge on any atom is 0.407 e.